The number of ether oxygens (including phenoxy) is 2. The van der Waals surface area contributed by atoms with Gasteiger partial charge in [0, 0.05) is 13.1 Å². The molecule has 17 heteroatoms. The number of halogens is 12. The Kier molecular flexibility index (Phi) is 5.61. The number of hydrogen-bond acceptors (Lipinski definition) is 5. The molecule has 0 bridgehead atoms. The number of rotatable bonds is 0. The maximum atomic E-state index is 13.3. The van der Waals surface area contributed by atoms with Crippen molar-refractivity contribution in [3.05, 3.63) is 11.5 Å². The molecule has 2 aliphatic heterocycles. The summed E-state index contributed by atoms with van der Waals surface area (Å²) in [7, 11) is 0. The molecule has 1 N–H and O–H groups in total. The molecule has 0 radical (unpaired) electrons. The molecule has 0 atom stereocenters. The van der Waals surface area contributed by atoms with Crippen LogP contribution < -0.4 is 5.32 Å². The van der Waals surface area contributed by atoms with Crippen LogP contribution in [-0.2, 0) is 9.47 Å². The Hall–Kier alpha value is -2.07. The standard InChI is InChI=1S/C12H9F12N3O2/c13-8(14,15)5(9(16,17)18)6-25-10(11(19,20)21,12(22,23)24)26-7(29-6)27-1-3-28-4-2-27/h25H,1-4H2. The number of alkyl halides is 12. The lowest BCUT2D eigenvalue weighted by Gasteiger charge is -2.41. The molecule has 2 aliphatic rings. The van der Waals surface area contributed by atoms with Crippen LogP contribution in [0.4, 0.5) is 52.7 Å². The highest BCUT2D eigenvalue weighted by molar-refractivity contribution is 5.77. The summed E-state index contributed by atoms with van der Waals surface area (Å²) in [6.45, 7) is -1.59. The van der Waals surface area contributed by atoms with Crippen molar-refractivity contribution in [1.29, 1.82) is 0 Å². The highest BCUT2D eigenvalue weighted by Gasteiger charge is 2.75. The highest BCUT2D eigenvalue weighted by atomic mass is 19.4. The minimum absolute atomic E-state index is 0.151. The Morgan fingerprint density at radius 3 is 1.66 bits per heavy atom. The third kappa shape index (κ3) is 4.42. The molecule has 1 fully saturated rings. The quantitative estimate of drug-likeness (QED) is 0.569. The van der Waals surface area contributed by atoms with Gasteiger partial charge in [-0.25, -0.2) is 0 Å². The van der Waals surface area contributed by atoms with E-state index in [0.717, 1.165) is 0 Å². The number of nitrogens with zero attached hydrogens (tertiary/aromatic N) is 2. The molecule has 5 nitrogen and oxygen atoms in total. The monoisotopic (exact) mass is 455 g/mol. The maximum absolute atomic E-state index is 13.3. The fraction of sp³-hybridized carbons (Fsp3) is 0.750. The first-order valence-electron chi connectivity index (χ1n) is 7.31. The molecule has 168 valence electrons. The Bertz CT molecular complexity index is 652. The minimum Gasteiger partial charge on any atom is -0.409 e. The SMILES string of the molecule is FC(F)(F)C(=C1NC(C(F)(F)F)(C(F)(F)F)N=C(N2CCOCC2)O1)C(F)(F)F. The summed E-state index contributed by atoms with van der Waals surface area (Å²) in [5.74, 6) is -2.82. The lowest BCUT2D eigenvalue weighted by molar-refractivity contribution is -0.308. The molecular weight excluding hydrogens is 446 g/mol. The fourth-order valence-electron chi connectivity index (χ4n) is 2.33. The summed E-state index contributed by atoms with van der Waals surface area (Å²) < 4.78 is 166. The van der Waals surface area contributed by atoms with E-state index < -0.39 is 60.9 Å². The zero-order valence-electron chi connectivity index (χ0n) is 13.6. The lowest BCUT2D eigenvalue weighted by atomic mass is 10.1. The van der Waals surface area contributed by atoms with Gasteiger partial charge in [-0.2, -0.15) is 57.7 Å². The molecule has 1 saturated heterocycles. The van der Waals surface area contributed by atoms with E-state index in [0.29, 0.717) is 4.90 Å². The van der Waals surface area contributed by atoms with Gasteiger partial charge >= 0.3 is 30.4 Å². The van der Waals surface area contributed by atoms with Gasteiger partial charge in [-0.15, -0.1) is 0 Å². The van der Waals surface area contributed by atoms with Gasteiger partial charge in [0.2, 0.25) is 5.88 Å². The average Bonchev–Trinajstić information content (AvgIpc) is 2.50. The van der Waals surface area contributed by atoms with Crippen LogP contribution in [0.3, 0.4) is 0 Å². The van der Waals surface area contributed by atoms with Crippen LogP contribution in [0.25, 0.3) is 0 Å². The van der Waals surface area contributed by atoms with Gasteiger partial charge < -0.3 is 19.7 Å². The van der Waals surface area contributed by atoms with E-state index in [1.807, 2.05) is 0 Å². The van der Waals surface area contributed by atoms with Crippen LogP contribution in [-0.4, -0.2) is 67.6 Å². The van der Waals surface area contributed by atoms with Crippen LogP contribution in [0.15, 0.2) is 16.4 Å². The van der Waals surface area contributed by atoms with Gasteiger partial charge in [-0.05, 0) is 0 Å². The number of nitrogens with one attached hydrogen (secondary N) is 1. The first kappa shape index (κ1) is 23.2. The second kappa shape index (κ2) is 7.02. The van der Waals surface area contributed by atoms with Crippen molar-refractivity contribution in [2.24, 2.45) is 4.99 Å². The number of amidine groups is 1. The molecule has 0 aliphatic carbocycles. The molecule has 0 aromatic carbocycles. The normalized spacial score (nSPS) is 21.3. The molecular formula is C12H9F12N3O2. The van der Waals surface area contributed by atoms with E-state index in [1.54, 1.807) is 0 Å². The van der Waals surface area contributed by atoms with Crippen molar-refractivity contribution >= 4 is 6.02 Å². The summed E-state index contributed by atoms with van der Waals surface area (Å²) in [4.78, 5) is 2.81. The highest BCUT2D eigenvalue weighted by Crippen LogP contribution is 2.49. The number of hydrogen-bond donors (Lipinski definition) is 1. The summed E-state index contributed by atoms with van der Waals surface area (Å²) in [5, 5.41) is 0.151. The fourth-order valence-corrected chi connectivity index (χ4v) is 2.33. The van der Waals surface area contributed by atoms with Gasteiger partial charge in [-0.1, -0.05) is 0 Å². The predicted molar refractivity (Wildman–Crippen MR) is 68.0 cm³/mol. The summed E-state index contributed by atoms with van der Waals surface area (Å²) >= 11 is 0. The molecule has 0 unspecified atom stereocenters. The van der Waals surface area contributed by atoms with Crippen molar-refractivity contribution in [3.8, 4) is 0 Å². The van der Waals surface area contributed by atoms with E-state index in [4.69, 9.17) is 4.74 Å². The predicted octanol–water partition coefficient (Wildman–Crippen LogP) is 3.45. The van der Waals surface area contributed by atoms with Gasteiger partial charge in [0.25, 0.3) is 6.02 Å². The smallest absolute Gasteiger partial charge is 0.409 e. The van der Waals surface area contributed by atoms with Crippen LogP contribution in [0, 0.1) is 0 Å². The molecule has 0 aromatic heterocycles. The van der Waals surface area contributed by atoms with E-state index >= 15 is 0 Å². The topological polar surface area (TPSA) is 46.1 Å². The van der Waals surface area contributed by atoms with Gasteiger partial charge in [-0.3, -0.25) is 0 Å². The zero-order chi connectivity index (χ0) is 22.5. The van der Waals surface area contributed by atoms with Gasteiger partial charge in [0.1, 0.15) is 0 Å². The molecule has 0 aromatic rings. The summed E-state index contributed by atoms with van der Waals surface area (Å²) in [6.07, 6.45) is -25.8. The van der Waals surface area contributed by atoms with E-state index in [1.165, 1.54) is 0 Å². The van der Waals surface area contributed by atoms with Gasteiger partial charge in [0.15, 0.2) is 5.57 Å². The minimum atomic E-state index is -6.49. The Balaban J connectivity index is 2.79. The van der Waals surface area contributed by atoms with Crippen LogP contribution in [0.1, 0.15) is 0 Å². The van der Waals surface area contributed by atoms with E-state index in [-0.39, 0.29) is 18.5 Å². The number of morpholine rings is 1. The first-order valence-corrected chi connectivity index (χ1v) is 7.31. The van der Waals surface area contributed by atoms with E-state index in [9.17, 15) is 52.7 Å². The van der Waals surface area contributed by atoms with Crippen molar-refractivity contribution in [3.63, 3.8) is 0 Å². The third-order valence-electron chi connectivity index (χ3n) is 3.65. The molecule has 0 spiro atoms. The lowest BCUT2D eigenvalue weighted by Crippen LogP contribution is -2.68. The molecule has 2 heterocycles. The van der Waals surface area contributed by atoms with Crippen molar-refractivity contribution in [2.45, 2.75) is 30.4 Å². The largest absolute Gasteiger partial charge is 0.441 e. The van der Waals surface area contributed by atoms with Crippen molar-refractivity contribution in [1.82, 2.24) is 10.2 Å². The zero-order valence-corrected chi connectivity index (χ0v) is 13.6. The second-order valence-electron chi connectivity index (χ2n) is 5.63. The Morgan fingerprint density at radius 1 is 0.828 bits per heavy atom. The van der Waals surface area contributed by atoms with E-state index in [2.05, 4.69) is 9.73 Å². The average molecular weight is 455 g/mol. The molecule has 0 amide bonds. The maximum Gasteiger partial charge on any atom is 0.441 e. The number of allylic oxidation sites excluding steroid dienone is 1. The van der Waals surface area contributed by atoms with Crippen molar-refractivity contribution < 1.29 is 62.2 Å². The Labute approximate surface area is 152 Å². The second-order valence-corrected chi connectivity index (χ2v) is 5.63. The van der Waals surface area contributed by atoms with Crippen LogP contribution in [0.2, 0.25) is 0 Å². The summed E-state index contributed by atoms with van der Waals surface area (Å²) in [6, 6.07) is -1.72. The Morgan fingerprint density at radius 2 is 1.28 bits per heavy atom. The number of aliphatic imine (C=N–C) groups is 1. The van der Waals surface area contributed by atoms with Gasteiger partial charge in [0.05, 0.1) is 13.2 Å². The summed E-state index contributed by atoms with van der Waals surface area (Å²) in [5.41, 5.74) is -9.23. The van der Waals surface area contributed by atoms with Crippen LogP contribution >= 0.6 is 0 Å². The van der Waals surface area contributed by atoms with Crippen molar-refractivity contribution in [2.75, 3.05) is 26.3 Å². The molecule has 2 rings (SSSR count). The molecule has 0 saturated carbocycles. The molecule has 29 heavy (non-hydrogen) atoms. The third-order valence-corrected chi connectivity index (χ3v) is 3.65. The first-order chi connectivity index (χ1) is 12.9. The van der Waals surface area contributed by atoms with Crippen LogP contribution in [0.5, 0.6) is 0 Å².